The quantitative estimate of drug-likeness (QED) is 0.803. The van der Waals surface area contributed by atoms with Gasteiger partial charge in [0.15, 0.2) is 0 Å². The lowest BCUT2D eigenvalue weighted by atomic mass is 10.2. The summed E-state index contributed by atoms with van der Waals surface area (Å²) in [6, 6.07) is 8.54. The first-order valence-corrected chi connectivity index (χ1v) is 9.16. The summed E-state index contributed by atoms with van der Waals surface area (Å²) in [6.45, 7) is 0.813. The molecule has 0 aliphatic carbocycles. The number of carboxylic acid groups (broad SMARTS) is 1. The van der Waals surface area contributed by atoms with E-state index in [1.54, 1.807) is 13.0 Å². The Morgan fingerprint density at radius 1 is 1.12 bits per heavy atom. The number of nitrogens with zero attached hydrogens (tertiary/aromatic N) is 1. The van der Waals surface area contributed by atoms with E-state index in [4.69, 9.17) is 39.9 Å². The molecule has 0 bridgehead atoms. The van der Waals surface area contributed by atoms with Crippen molar-refractivity contribution in [3.05, 3.63) is 57.0 Å². The minimum absolute atomic E-state index is 0.0607. The lowest BCUT2D eigenvalue weighted by Crippen LogP contribution is -2.36. The maximum absolute atomic E-state index is 13.0. The predicted octanol–water partition coefficient (Wildman–Crippen LogP) is 4.24. The van der Waals surface area contributed by atoms with Crippen molar-refractivity contribution >= 4 is 56.5 Å². The number of benzene rings is 2. The second kappa shape index (κ2) is 7.19. The van der Waals surface area contributed by atoms with Crippen molar-refractivity contribution in [2.24, 2.45) is 0 Å². The van der Waals surface area contributed by atoms with Crippen LogP contribution in [-0.2, 0) is 14.8 Å². The zero-order chi connectivity index (χ0) is 18.1. The normalized spacial score (nSPS) is 11.3. The van der Waals surface area contributed by atoms with E-state index in [9.17, 15) is 13.2 Å². The lowest BCUT2D eigenvalue weighted by molar-refractivity contribution is -0.135. The molecule has 5 nitrogen and oxygen atoms in total. The minimum Gasteiger partial charge on any atom is -0.480 e. The van der Waals surface area contributed by atoms with Crippen LogP contribution in [0.15, 0.2) is 41.3 Å². The summed E-state index contributed by atoms with van der Waals surface area (Å²) in [5, 5.41) is 9.56. The Hall–Kier alpha value is -1.47. The molecule has 0 radical (unpaired) electrons. The Morgan fingerprint density at radius 2 is 1.79 bits per heavy atom. The Bertz CT molecular complexity index is 900. The van der Waals surface area contributed by atoms with Gasteiger partial charge in [-0.2, -0.15) is 0 Å². The number of sulfonamides is 1. The highest BCUT2D eigenvalue weighted by atomic mass is 35.5. The molecule has 0 amide bonds. The smallest absolute Gasteiger partial charge is 0.324 e. The van der Waals surface area contributed by atoms with E-state index in [2.05, 4.69) is 0 Å². The maximum Gasteiger partial charge on any atom is 0.324 e. The maximum atomic E-state index is 13.0. The molecular weight excluding hydrogens is 397 g/mol. The van der Waals surface area contributed by atoms with Crippen LogP contribution < -0.4 is 4.31 Å². The van der Waals surface area contributed by atoms with Gasteiger partial charge in [0, 0.05) is 10.0 Å². The second-order valence-electron chi connectivity index (χ2n) is 4.86. The number of halogens is 3. The minimum atomic E-state index is -4.26. The number of carbonyl (C=O) groups is 1. The second-order valence-corrected chi connectivity index (χ2v) is 7.95. The molecule has 128 valence electrons. The Balaban J connectivity index is 2.69. The fourth-order valence-corrected chi connectivity index (χ4v) is 4.46. The number of carboxylic acids is 1. The molecule has 0 unspecified atom stereocenters. The molecule has 2 aromatic carbocycles. The molecule has 0 aliphatic rings. The van der Waals surface area contributed by atoms with Crippen molar-refractivity contribution in [3.8, 4) is 0 Å². The molecular formula is C15H12Cl3NO4S. The van der Waals surface area contributed by atoms with E-state index in [-0.39, 0.29) is 20.6 Å². The molecule has 0 atom stereocenters. The number of anilines is 1. The Kier molecular flexibility index (Phi) is 5.65. The SMILES string of the molecule is Cc1c(Cl)cccc1N(CC(=O)O)S(=O)(=O)c1cc(Cl)ccc1Cl. The highest BCUT2D eigenvalue weighted by Crippen LogP contribution is 2.33. The van der Waals surface area contributed by atoms with Crippen LogP contribution in [0.2, 0.25) is 15.1 Å². The van der Waals surface area contributed by atoms with Gasteiger partial charge in [0.2, 0.25) is 0 Å². The molecule has 0 spiro atoms. The molecule has 24 heavy (non-hydrogen) atoms. The molecule has 9 heteroatoms. The van der Waals surface area contributed by atoms with Crippen LogP contribution in [0.5, 0.6) is 0 Å². The third kappa shape index (κ3) is 3.78. The molecule has 0 saturated carbocycles. The van der Waals surface area contributed by atoms with E-state index in [0.717, 1.165) is 4.31 Å². The molecule has 0 aromatic heterocycles. The van der Waals surface area contributed by atoms with Gasteiger partial charge < -0.3 is 5.11 Å². The number of hydrogen-bond acceptors (Lipinski definition) is 3. The highest BCUT2D eigenvalue weighted by Gasteiger charge is 2.30. The largest absolute Gasteiger partial charge is 0.480 e. The fraction of sp³-hybridized carbons (Fsp3) is 0.133. The molecule has 0 aliphatic heterocycles. The summed E-state index contributed by atoms with van der Waals surface area (Å²) in [5.41, 5.74) is 0.586. The van der Waals surface area contributed by atoms with Gasteiger partial charge in [0.25, 0.3) is 10.0 Å². The van der Waals surface area contributed by atoms with Gasteiger partial charge in [0.05, 0.1) is 10.7 Å². The summed E-state index contributed by atoms with van der Waals surface area (Å²) in [4.78, 5) is 10.9. The van der Waals surface area contributed by atoms with E-state index in [1.807, 2.05) is 0 Å². The lowest BCUT2D eigenvalue weighted by Gasteiger charge is -2.25. The van der Waals surface area contributed by atoms with Gasteiger partial charge in [-0.1, -0.05) is 40.9 Å². The van der Waals surface area contributed by atoms with Gasteiger partial charge in [-0.15, -0.1) is 0 Å². The Labute approximate surface area is 154 Å². The van der Waals surface area contributed by atoms with Crippen molar-refractivity contribution in [3.63, 3.8) is 0 Å². The first-order chi connectivity index (χ1) is 11.1. The predicted molar refractivity (Wildman–Crippen MR) is 94.8 cm³/mol. The summed E-state index contributed by atoms with van der Waals surface area (Å²) in [5.74, 6) is -1.32. The van der Waals surface area contributed by atoms with E-state index >= 15 is 0 Å². The standard InChI is InChI=1S/C15H12Cl3NO4S/c1-9-11(17)3-2-4-13(9)19(8-15(20)21)24(22,23)14-7-10(16)5-6-12(14)18/h2-7H,8H2,1H3,(H,20,21). The number of rotatable bonds is 5. The van der Waals surface area contributed by atoms with Crippen LogP contribution in [0.3, 0.4) is 0 Å². The fourth-order valence-electron chi connectivity index (χ4n) is 2.08. The van der Waals surface area contributed by atoms with E-state index in [0.29, 0.717) is 10.6 Å². The highest BCUT2D eigenvalue weighted by molar-refractivity contribution is 7.93. The number of aliphatic carboxylic acids is 1. The van der Waals surface area contributed by atoms with Gasteiger partial charge in [0.1, 0.15) is 11.4 Å². The third-order valence-corrected chi connectivity index (χ3v) is 6.13. The van der Waals surface area contributed by atoms with Crippen LogP contribution in [0.1, 0.15) is 5.56 Å². The zero-order valence-corrected chi connectivity index (χ0v) is 15.4. The van der Waals surface area contributed by atoms with Crippen LogP contribution >= 0.6 is 34.8 Å². The average Bonchev–Trinajstić information content (AvgIpc) is 2.50. The monoisotopic (exact) mass is 407 g/mol. The van der Waals surface area contributed by atoms with E-state index in [1.165, 1.54) is 30.3 Å². The molecule has 0 saturated heterocycles. The van der Waals surface area contributed by atoms with Gasteiger partial charge >= 0.3 is 5.97 Å². The molecule has 0 heterocycles. The molecule has 0 fully saturated rings. The van der Waals surface area contributed by atoms with Crippen molar-refractivity contribution in [1.82, 2.24) is 0 Å². The van der Waals surface area contributed by atoms with Crippen molar-refractivity contribution in [1.29, 1.82) is 0 Å². The first kappa shape index (κ1) is 18.9. The van der Waals surface area contributed by atoms with Gasteiger partial charge in [-0.3, -0.25) is 9.10 Å². The zero-order valence-electron chi connectivity index (χ0n) is 12.3. The summed E-state index contributed by atoms with van der Waals surface area (Å²) in [7, 11) is -4.26. The Morgan fingerprint density at radius 3 is 2.42 bits per heavy atom. The first-order valence-electron chi connectivity index (χ1n) is 6.59. The van der Waals surface area contributed by atoms with Crippen LogP contribution in [0.4, 0.5) is 5.69 Å². The van der Waals surface area contributed by atoms with Gasteiger partial charge in [-0.25, -0.2) is 8.42 Å². The van der Waals surface area contributed by atoms with Crippen LogP contribution in [-0.4, -0.2) is 26.0 Å². The summed E-state index contributed by atoms with van der Waals surface area (Å²) < 4.78 is 26.7. The average molecular weight is 409 g/mol. The van der Waals surface area contributed by atoms with Crippen molar-refractivity contribution < 1.29 is 18.3 Å². The summed E-state index contributed by atoms with van der Waals surface area (Å²) in [6.07, 6.45) is 0. The van der Waals surface area contributed by atoms with Crippen molar-refractivity contribution in [2.45, 2.75) is 11.8 Å². The molecule has 1 N–H and O–H groups in total. The van der Waals surface area contributed by atoms with E-state index < -0.39 is 22.5 Å². The topological polar surface area (TPSA) is 74.7 Å². The molecule has 2 rings (SSSR count). The third-order valence-electron chi connectivity index (χ3n) is 3.25. The number of hydrogen-bond donors (Lipinski definition) is 1. The summed E-state index contributed by atoms with van der Waals surface area (Å²) >= 11 is 17.9. The van der Waals surface area contributed by atoms with Crippen LogP contribution in [0.25, 0.3) is 0 Å². The molecule has 2 aromatic rings. The van der Waals surface area contributed by atoms with Gasteiger partial charge in [-0.05, 0) is 42.8 Å². The van der Waals surface area contributed by atoms with Crippen LogP contribution in [0, 0.1) is 6.92 Å². The van der Waals surface area contributed by atoms with Crippen molar-refractivity contribution in [2.75, 3.05) is 10.8 Å².